The van der Waals surface area contributed by atoms with Crippen LogP contribution in [0.25, 0.3) is 0 Å². The molecule has 1 aliphatic heterocycles. The van der Waals surface area contributed by atoms with Gasteiger partial charge in [-0.15, -0.1) is 11.8 Å². The third kappa shape index (κ3) is 3.15. The number of rotatable bonds is 4. The van der Waals surface area contributed by atoms with Crippen LogP contribution in [-0.2, 0) is 14.3 Å². The smallest absolute Gasteiger partial charge is 0.266 e. The first-order valence-corrected chi connectivity index (χ1v) is 9.13. The summed E-state index contributed by atoms with van der Waals surface area (Å²) in [4.78, 5) is 1.44. The summed E-state index contributed by atoms with van der Waals surface area (Å²) in [6, 6.07) is 14.8. The summed E-state index contributed by atoms with van der Waals surface area (Å²) in [5.41, 5.74) is 2.21. The highest BCUT2D eigenvalue weighted by atomic mass is 32.2. The minimum Gasteiger partial charge on any atom is -0.266 e. The van der Waals surface area contributed by atoms with E-state index < -0.39 is 10.1 Å². The van der Waals surface area contributed by atoms with Gasteiger partial charge in [0.1, 0.15) is 0 Å². The van der Waals surface area contributed by atoms with Gasteiger partial charge in [0.25, 0.3) is 10.1 Å². The lowest BCUT2D eigenvalue weighted by Crippen LogP contribution is -2.13. The predicted molar refractivity (Wildman–Crippen MR) is 84.2 cm³/mol. The van der Waals surface area contributed by atoms with Crippen molar-refractivity contribution in [3.8, 4) is 0 Å². The highest BCUT2D eigenvalue weighted by Gasteiger charge is 2.25. The molecule has 5 heteroatoms. The molecule has 1 aliphatic rings. The quantitative estimate of drug-likeness (QED) is 0.808. The summed E-state index contributed by atoms with van der Waals surface area (Å²) in [5.74, 6) is 0.995. The molecule has 0 radical (unpaired) electrons. The molecule has 0 aliphatic carbocycles. The van der Waals surface area contributed by atoms with Gasteiger partial charge in [-0.3, -0.25) is 4.18 Å². The molecule has 1 atom stereocenters. The van der Waals surface area contributed by atoms with Crippen LogP contribution in [0, 0.1) is 6.92 Å². The van der Waals surface area contributed by atoms with E-state index in [9.17, 15) is 8.42 Å². The van der Waals surface area contributed by atoms with Gasteiger partial charge in [0.05, 0.1) is 11.5 Å². The Morgan fingerprint density at radius 3 is 2.62 bits per heavy atom. The summed E-state index contributed by atoms with van der Waals surface area (Å²) < 4.78 is 29.6. The Bertz CT molecular complexity index is 736. The molecule has 21 heavy (non-hydrogen) atoms. The molecule has 0 spiro atoms. The van der Waals surface area contributed by atoms with Crippen LogP contribution < -0.4 is 0 Å². The van der Waals surface area contributed by atoms with E-state index in [1.54, 1.807) is 36.0 Å². The van der Waals surface area contributed by atoms with Gasteiger partial charge in [-0.25, -0.2) is 0 Å². The molecule has 0 N–H and O–H groups in total. The molecule has 0 bridgehead atoms. The average Bonchev–Trinajstić information content (AvgIpc) is 2.89. The molecule has 110 valence electrons. The lowest BCUT2D eigenvalue weighted by molar-refractivity contribution is 0.300. The van der Waals surface area contributed by atoms with Crippen LogP contribution in [0.3, 0.4) is 0 Å². The molecule has 3 nitrogen and oxygen atoms in total. The molecule has 3 rings (SSSR count). The number of fused-ring (bicyclic) bond motifs is 1. The van der Waals surface area contributed by atoms with Crippen molar-refractivity contribution in [2.75, 3.05) is 12.4 Å². The van der Waals surface area contributed by atoms with Gasteiger partial charge in [-0.05, 0) is 30.7 Å². The first-order valence-electron chi connectivity index (χ1n) is 6.74. The van der Waals surface area contributed by atoms with E-state index in [1.807, 2.05) is 25.1 Å². The number of benzene rings is 2. The molecule has 0 fully saturated rings. The van der Waals surface area contributed by atoms with Crippen molar-refractivity contribution in [1.82, 2.24) is 0 Å². The molecule has 0 aromatic heterocycles. The average molecular weight is 320 g/mol. The SMILES string of the molecule is Cc1ccc(S(=O)(=O)OCC2CSc3ccccc32)cc1. The minimum atomic E-state index is -3.68. The van der Waals surface area contributed by atoms with E-state index in [2.05, 4.69) is 6.07 Å². The van der Waals surface area contributed by atoms with Gasteiger partial charge >= 0.3 is 0 Å². The van der Waals surface area contributed by atoms with Crippen LogP contribution in [0.4, 0.5) is 0 Å². The van der Waals surface area contributed by atoms with Crippen LogP contribution >= 0.6 is 11.8 Å². The van der Waals surface area contributed by atoms with Gasteiger partial charge in [0.2, 0.25) is 0 Å². The van der Waals surface area contributed by atoms with E-state index in [0.29, 0.717) is 0 Å². The largest absolute Gasteiger partial charge is 0.296 e. The second kappa shape index (κ2) is 5.83. The van der Waals surface area contributed by atoms with E-state index in [-0.39, 0.29) is 17.4 Å². The fourth-order valence-electron chi connectivity index (χ4n) is 2.31. The Labute approximate surface area is 129 Å². The van der Waals surface area contributed by atoms with Crippen molar-refractivity contribution < 1.29 is 12.6 Å². The Morgan fingerprint density at radius 2 is 1.86 bits per heavy atom. The van der Waals surface area contributed by atoms with E-state index in [4.69, 9.17) is 4.18 Å². The Morgan fingerprint density at radius 1 is 1.14 bits per heavy atom. The molecule has 1 unspecified atom stereocenters. The maximum Gasteiger partial charge on any atom is 0.296 e. The zero-order valence-electron chi connectivity index (χ0n) is 11.7. The Balaban J connectivity index is 1.72. The summed E-state index contributed by atoms with van der Waals surface area (Å²) in [7, 11) is -3.68. The molecular formula is C16H16O3S2. The topological polar surface area (TPSA) is 43.4 Å². The molecule has 0 amide bonds. The Hall–Kier alpha value is -1.30. The lowest BCUT2D eigenvalue weighted by Gasteiger charge is -2.11. The normalized spacial score (nSPS) is 17.7. The van der Waals surface area contributed by atoms with Crippen LogP contribution in [0.15, 0.2) is 58.3 Å². The van der Waals surface area contributed by atoms with E-state index >= 15 is 0 Å². The fourth-order valence-corrected chi connectivity index (χ4v) is 4.49. The lowest BCUT2D eigenvalue weighted by atomic mass is 10.0. The van der Waals surface area contributed by atoms with Crippen molar-refractivity contribution >= 4 is 21.9 Å². The number of aryl methyl sites for hydroxylation is 1. The minimum absolute atomic E-state index is 0.131. The van der Waals surface area contributed by atoms with Crippen LogP contribution in [0.5, 0.6) is 0 Å². The predicted octanol–water partition coefficient (Wildman–Crippen LogP) is 3.59. The molecule has 2 aromatic rings. The van der Waals surface area contributed by atoms with Crippen molar-refractivity contribution in [2.24, 2.45) is 0 Å². The van der Waals surface area contributed by atoms with Gasteiger partial charge in [0.15, 0.2) is 0 Å². The van der Waals surface area contributed by atoms with Gasteiger partial charge in [-0.2, -0.15) is 8.42 Å². The highest BCUT2D eigenvalue weighted by molar-refractivity contribution is 7.99. The number of hydrogen-bond acceptors (Lipinski definition) is 4. The highest BCUT2D eigenvalue weighted by Crippen LogP contribution is 2.39. The van der Waals surface area contributed by atoms with Crippen LogP contribution in [-0.4, -0.2) is 20.8 Å². The van der Waals surface area contributed by atoms with Crippen LogP contribution in [0.2, 0.25) is 0 Å². The summed E-state index contributed by atoms with van der Waals surface area (Å²) in [6.07, 6.45) is 0. The monoisotopic (exact) mass is 320 g/mol. The second-order valence-electron chi connectivity index (χ2n) is 5.10. The van der Waals surface area contributed by atoms with Crippen molar-refractivity contribution in [1.29, 1.82) is 0 Å². The van der Waals surface area contributed by atoms with Crippen molar-refractivity contribution in [2.45, 2.75) is 22.6 Å². The van der Waals surface area contributed by atoms with E-state index in [1.165, 1.54) is 10.5 Å². The molecule has 2 aromatic carbocycles. The van der Waals surface area contributed by atoms with Gasteiger partial charge < -0.3 is 0 Å². The molecular weight excluding hydrogens is 304 g/mol. The molecule has 0 saturated carbocycles. The van der Waals surface area contributed by atoms with Gasteiger partial charge in [-0.1, -0.05) is 35.9 Å². The summed E-state index contributed by atoms with van der Waals surface area (Å²) in [6.45, 7) is 2.12. The third-order valence-corrected chi connectivity index (χ3v) is 6.08. The zero-order valence-corrected chi connectivity index (χ0v) is 13.3. The maximum absolute atomic E-state index is 12.2. The van der Waals surface area contributed by atoms with Crippen LogP contribution in [0.1, 0.15) is 17.0 Å². The fraction of sp³-hybridized carbons (Fsp3) is 0.250. The zero-order chi connectivity index (χ0) is 14.9. The van der Waals surface area contributed by atoms with Crippen molar-refractivity contribution in [3.63, 3.8) is 0 Å². The van der Waals surface area contributed by atoms with Crippen molar-refractivity contribution in [3.05, 3.63) is 59.7 Å². The summed E-state index contributed by atoms with van der Waals surface area (Å²) >= 11 is 1.75. The summed E-state index contributed by atoms with van der Waals surface area (Å²) in [5, 5.41) is 0. The molecule has 0 saturated heterocycles. The second-order valence-corrected chi connectivity index (χ2v) is 7.77. The first-order chi connectivity index (χ1) is 10.1. The number of hydrogen-bond donors (Lipinski definition) is 0. The third-order valence-electron chi connectivity index (χ3n) is 3.53. The number of thioether (sulfide) groups is 1. The van der Waals surface area contributed by atoms with Gasteiger partial charge in [0, 0.05) is 16.6 Å². The first kappa shape index (κ1) is 14.6. The standard InChI is InChI=1S/C16H16O3S2/c1-12-6-8-14(9-7-12)21(17,18)19-10-13-11-20-16-5-3-2-4-15(13)16/h2-9,13H,10-11H2,1H3. The maximum atomic E-state index is 12.2. The van der Waals surface area contributed by atoms with E-state index in [0.717, 1.165) is 11.3 Å². The molecule has 1 heterocycles. The Kier molecular flexibility index (Phi) is 4.06.